The Morgan fingerprint density at radius 1 is 1.42 bits per heavy atom. The molecule has 0 aromatic carbocycles. The molecular weight excluding hydrogens is 246 g/mol. The van der Waals surface area contributed by atoms with E-state index in [9.17, 15) is 9.59 Å². The second-order valence-corrected chi connectivity index (χ2v) is 5.88. The van der Waals surface area contributed by atoms with Crippen molar-refractivity contribution in [3.63, 3.8) is 0 Å². The first-order valence-electron chi connectivity index (χ1n) is 6.76. The smallest absolute Gasteiger partial charge is 0.410 e. The van der Waals surface area contributed by atoms with Gasteiger partial charge in [0.1, 0.15) is 5.60 Å². The van der Waals surface area contributed by atoms with Gasteiger partial charge in [-0.1, -0.05) is 0 Å². The number of hydrogen-bond acceptors (Lipinski definition) is 4. The summed E-state index contributed by atoms with van der Waals surface area (Å²) in [6, 6.07) is -0.203. The predicted octanol–water partition coefficient (Wildman–Crippen LogP) is 0.707. The first kappa shape index (κ1) is 15.8. The van der Waals surface area contributed by atoms with Gasteiger partial charge in [0.15, 0.2) is 0 Å². The lowest BCUT2D eigenvalue weighted by Gasteiger charge is -2.36. The van der Waals surface area contributed by atoms with Crippen LogP contribution in [0.5, 0.6) is 0 Å². The van der Waals surface area contributed by atoms with Crippen LogP contribution in [-0.4, -0.2) is 48.2 Å². The van der Waals surface area contributed by atoms with E-state index in [1.54, 1.807) is 4.90 Å². The molecule has 1 fully saturated rings. The third-order valence-electron chi connectivity index (χ3n) is 3.01. The highest BCUT2D eigenvalue weighted by Crippen LogP contribution is 2.19. The Morgan fingerprint density at radius 2 is 2.05 bits per heavy atom. The van der Waals surface area contributed by atoms with Crippen LogP contribution in [0.4, 0.5) is 4.79 Å². The van der Waals surface area contributed by atoms with E-state index in [1.807, 2.05) is 27.7 Å². The number of nitrogens with two attached hydrogens (primary N) is 1. The fourth-order valence-corrected chi connectivity index (χ4v) is 2.05. The molecule has 0 aromatic rings. The molecule has 1 saturated heterocycles. The van der Waals surface area contributed by atoms with Gasteiger partial charge >= 0.3 is 6.09 Å². The Morgan fingerprint density at radius 3 is 2.58 bits per heavy atom. The molecule has 1 aliphatic rings. The van der Waals surface area contributed by atoms with Gasteiger partial charge < -0.3 is 20.7 Å². The van der Waals surface area contributed by atoms with E-state index in [1.165, 1.54) is 0 Å². The van der Waals surface area contributed by atoms with E-state index >= 15 is 0 Å². The topological polar surface area (TPSA) is 84.7 Å². The quantitative estimate of drug-likeness (QED) is 0.774. The molecule has 0 aliphatic carbocycles. The minimum atomic E-state index is -0.530. The molecule has 1 heterocycles. The maximum absolute atomic E-state index is 12.0. The monoisotopic (exact) mass is 271 g/mol. The summed E-state index contributed by atoms with van der Waals surface area (Å²) in [7, 11) is 0. The highest BCUT2D eigenvalue weighted by molar-refractivity contribution is 5.80. The molecule has 6 heteroatoms. The minimum Gasteiger partial charge on any atom is -0.444 e. The van der Waals surface area contributed by atoms with Crippen LogP contribution in [0.2, 0.25) is 0 Å². The highest BCUT2D eigenvalue weighted by atomic mass is 16.6. The lowest BCUT2D eigenvalue weighted by atomic mass is 9.92. The molecule has 1 rings (SSSR count). The van der Waals surface area contributed by atoms with Crippen LogP contribution in [0.25, 0.3) is 0 Å². The molecule has 0 spiro atoms. The van der Waals surface area contributed by atoms with Crippen molar-refractivity contribution in [3.8, 4) is 0 Å². The number of hydrogen-bond donors (Lipinski definition) is 2. The van der Waals surface area contributed by atoms with Gasteiger partial charge in [0.25, 0.3) is 0 Å². The van der Waals surface area contributed by atoms with Crippen LogP contribution >= 0.6 is 0 Å². The van der Waals surface area contributed by atoms with Crippen molar-refractivity contribution in [2.24, 2.45) is 11.7 Å². The number of carbonyl (C=O) groups excluding carboxylic acids is 2. The largest absolute Gasteiger partial charge is 0.444 e. The zero-order valence-corrected chi connectivity index (χ0v) is 12.2. The molecule has 3 N–H and O–H groups in total. The summed E-state index contributed by atoms with van der Waals surface area (Å²) in [6.07, 6.45) is 0.231. The lowest BCUT2D eigenvalue weighted by molar-refractivity contribution is -0.127. The molecule has 0 unspecified atom stereocenters. The fourth-order valence-electron chi connectivity index (χ4n) is 2.05. The number of likely N-dealkylation sites (tertiary alicyclic amines) is 1. The molecule has 2 amide bonds. The zero-order chi connectivity index (χ0) is 14.6. The van der Waals surface area contributed by atoms with Crippen molar-refractivity contribution in [3.05, 3.63) is 0 Å². The van der Waals surface area contributed by atoms with Crippen LogP contribution < -0.4 is 11.1 Å². The maximum Gasteiger partial charge on any atom is 0.410 e. The van der Waals surface area contributed by atoms with Gasteiger partial charge in [-0.05, 0) is 34.1 Å². The summed E-state index contributed by atoms with van der Waals surface area (Å²) < 4.78 is 5.31. The molecule has 19 heavy (non-hydrogen) atoms. The van der Waals surface area contributed by atoms with Crippen molar-refractivity contribution in [2.75, 3.05) is 19.6 Å². The minimum absolute atomic E-state index is 0.0942. The summed E-state index contributed by atoms with van der Waals surface area (Å²) in [5, 5.41) is 2.76. The number of ether oxygens (including phenoxy) is 1. The van der Waals surface area contributed by atoms with Crippen LogP contribution in [-0.2, 0) is 9.53 Å². The molecule has 0 bridgehead atoms. The van der Waals surface area contributed by atoms with Gasteiger partial charge in [-0.15, -0.1) is 0 Å². The molecule has 0 saturated carbocycles. The van der Waals surface area contributed by atoms with E-state index in [0.717, 1.165) is 0 Å². The number of nitrogens with one attached hydrogen (secondary N) is 1. The van der Waals surface area contributed by atoms with E-state index < -0.39 is 5.60 Å². The third kappa shape index (κ3) is 4.70. The molecule has 2 atom stereocenters. The summed E-state index contributed by atoms with van der Waals surface area (Å²) in [5.74, 6) is -0.454. The number of nitrogens with zero attached hydrogens (tertiary/aromatic N) is 1. The number of rotatable bonds is 2. The van der Waals surface area contributed by atoms with Gasteiger partial charge in [0.2, 0.25) is 5.91 Å². The third-order valence-corrected chi connectivity index (χ3v) is 3.01. The van der Waals surface area contributed by atoms with E-state index in [-0.39, 0.29) is 24.0 Å². The zero-order valence-electron chi connectivity index (χ0n) is 12.2. The molecule has 6 nitrogen and oxygen atoms in total. The molecule has 0 radical (unpaired) electrons. The van der Waals surface area contributed by atoms with Crippen molar-refractivity contribution in [2.45, 2.75) is 45.8 Å². The average molecular weight is 271 g/mol. The highest BCUT2D eigenvalue weighted by Gasteiger charge is 2.35. The Bertz CT molecular complexity index is 339. The van der Waals surface area contributed by atoms with Crippen molar-refractivity contribution in [1.82, 2.24) is 10.2 Å². The standard InChI is InChI=1S/C13H25N3O3/c1-5-15-11(17)9-8-16(7-6-10(9)14)12(18)19-13(2,3)4/h9-10H,5-8,14H2,1-4H3,(H,15,17)/t9-,10+/m1/s1. The molecule has 1 aliphatic heterocycles. The first-order valence-corrected chi connectivity index (χ1v) is 6.76. The predicted molar refractivity (Wildman–Crippen MR) is 72.6 cm³/mol. The van der Waals surface area contributed by atoms with Crippen LogP contribution in [0.15, 0.2) is 0 Å². The Hall–Kier alpha value is -1.30. The molecule has 110 valence electrons. The van der Waals surface area contributed by atoms with Crippen molar-refractivity contribution in [1.29, 1.82) is 0 Å². The number of carbonyl (C=O) groups is 2. The average Bonchev–Trinajstić information content (AvgIpc) is 2.27. The molecule has 0 aromatic heterocycles. The van der Waals surface area contributed by atoms with Gasteiger partial charge in [-0.2, -0.15) is 0 Å². The van der Waals surface area contributed by atoms with E-state index in [4.69, 9.17) is 10.5 Å². The maximum atomic E-state index is 12.0. The van der Waals surface area contributed by atoms with Gasteiger partial charge in [0.05, 0.1) is 5.92 Å². The Kier molecular flexibility index (Phi) is 5.17. The normalized spacial score (nSPS) is 23.9. The van der Waals surface area contributed by atoms with Gasteiger partial charge in [-0.25, -0.2) is 4.79 Å². The summed E-state index contributed by atoms with van der Waals surface area (Å²) in [5.41, 5.74) is 5.43. The van der Waals surface area contributed by atoms with Crippen LogP contribution in [0.1, 0.15) is 34.1 Å². The van der Waals surface area contributed by atoms with Gasteiger partial charge in [0, 0.05) is 25.7 Å². The van der Waals surface area contributed by atoms with Crippen LogP contribution in [0, 0.1) is 5.92 Å². The van der Waals surface area contributed by atoms with Crippen molar-refractivity contribution >= 4 is 12.0 Å². The fraction of sp³-hybridized carbons (Fsp3) is 0.846. The van der Waals surface area contributed by atoms with Gasteiger partial charge in [-0.3, -0.25) is 4.79 Å². The van der Waals surface area contributed by atoms with Crippen molar-refractivity contribution < 1.29 is 14.3 Å². The summed E-state index contributed by atoms with van der Waals surface area (Å²) >= 11 is 0. The summed E-state index contributed by atoms with van der Waals surface area (Å²) in [6.45, 7) is 8.74. The number of piperidine rings is 1. The molecular formula is C13H25N3O3. The lowest BCUT2D eigenvalue weighted by Crippen LogP contribution is -2.55. The Labute approximate surface area is 114 Å². The Balaban J connectivity index is 2.63. The summed E-state index contributed by atoms with van der Waals surface area (Å²) in [4.78, 5) is 25.4. The van der Waals surface area contributed by atoms with Crippen LogP contribution in [0.3, 0.4) is 0 Å². The number of amides is 2. The second-order valence-electron chi connectivity index (χ2n) is 5.88. The SMILES string of the molecule is CCNC(=O)[C@@H]1CN(C(=O)OC(C)(C)C)CC[C@@H]1N. The first-order chi connectivity index (χ1) is 8.74. The van der Waals surface area contributed by atoms with E-state index in [2.05, 4.69) is 5.32 Å². The second kappa shape index (κ2) is 6.23. The van der Waals surface area contributed by atoms with E-state index in [0.29, 0.717) is 26.1 Å².